The highest BCUT2D eigenvalue weighted by atomic mass is 32.2. The Morgan fingerprint density at radius 2 is 2.33 bits per heavy atom. The molecule has 1 N–H and O–H groups in total. The molecule has 0 fully saturated rings. The van der Waals surface area contributed by atoms with Gasteiger partial charge >= 0.3 is 0 Å². The van der Waals surface area contributed by atoms with Crippen LogP contribution in [-0.4, -0.2) is 11.4 Å². The molecule has 1 aromatic carbocycles. The highest BCUT2D eigenvalue weighted by Crippen LogP contribution is 2.27. The SMILES string of the molecule is CSc1cccc(O)c1CC#N. The van der Waals surface area contributed by atoms with Crippen LogP contribution >= 0.6 is 11.8 Å². The van der Waals surface area contributed by atoms with Crippen molar-refractivity contribution < 1.29 is 5.11 Å². The molecule has 0 unspecified atom stereocenters. The van der Waals surface area contributed by atoms with E-state index in [1.54, 1.807) is 12.1 Å². The highest BCUT2D eigenvalue weighted by molar-refractivity contribution is 7.98. The van der Waals surface area contributed by atoms with Crippen LogP contribution in [0.5, 0.6) is 5.75 Å². The molecule has 0 atom stereocenters. The van der Waals surface area contributed by atoms with E-state index >= 15 is 0 Å². The fourth-order valence-corrected chi connectivity index (χ4v) is 1.64. The number of rotatable bonds is 2. The van der Waals surface area contributed by atoms with Crippen molar-refractivity contribution >= 4 is 11.8 Å². The summed E-state index contributed by atoms with van der Waals surface area (Å²) >= 11 is 1.54. The lowest BCUT2D eigenvalue weighted by Gasteiger charge is -2.04. The van der Waals surface area contributed by atoms with Crippen LogP contribution in [0.15, 0.2) is 23.1 Å². The van der Waals surface area contributed by atoms with Crippen LogP contribution in [0.4, 0.5) is 0 Å². The molecule has 1 rings (SSSR count). The number of hydrogen-bond acceptors (Lipinski definition) is 3. The lowest BCUT2D eigenvalue weighted by Crippen LogP contribution is -1.86. The second-order valence-corrected chi connectivity index (χ2v) is 3.14. The minimum atomic E-state index is 0.211. The van der Waals surface area contributed by atoms with Crippen molar-refractivity contribution in [3.63, 3.8) is 0 Å². The molecule has 0 aromatic heterocycles. The van der Waals surface area contributed by atoms with Crippen LogP contribution in [0.2, 0.25) is 0 Å². The van der Waals surface area contributed by atoms with Gasteiger partial charge in [-0.1, -0.05) is 6.07 Å². The summed E-state index contributed by atoms with van der Waals surface area (Å²) in [4.78, 5) is 0.969. The monoisotopic (exact) mass is 179 g/mol. The van der Waals surface area contributed by atoms with E-state index in [2.05, 4.69) is 0 Å². The van der Waals surface area contributed by atoms with E-state index < -0.39 is 0 Å². The number of phenols is 1. The molecule has 0 spiro atoms. The van der Waals surface area contributed by atoms with Crippen LogP contribution in [0.1, 0.15) is 5.56 Å². The standard InChI is InChI=1S/C9H9NOS/c1-12-9-4-2-3-8(11)7(9)5-6-10/h2-4,11H,5H2,1H3. The second kappa shape index (κ2) is 4.03. The van der Waals surface area contributed by atoms with Crippen molar-refractivity contribution in [3.05, 3.63) is 23.8 Å². The van der Waals surface area contributed by atoms with Gasteiger partial charge in [0.2, 0.25) is 0 Å². The number of hydrogen-bond donors (Lipinski definition) is 1. The first-order valence-electron chi connectivity index (χ1n) is 3.51. The molecule has 2 nitrogen and oxygen atoms in total. The molecule has 0 bridgehead atoms. The second-order valence-electron chi connectivity index (χ2n) is 2.29. The summed E-state index contributed by atoms with van der Waals surface area (Å²) in [6.45, 7) is 0. The average molecular weight is 179 g/mol. The van der Waals surface area contributed by atoms with Crippen LogP contribution < -0.4 is 0 Å². The van der Waals surface area contributed by atoms with Gasteiger partial charge in [0.05, 0.1) is 12.5 Å². The third-order valence-corrected chi connectivity index (χ3v) is 2.41. The Labute approximate surface area is 75.8 Å². The van der Waals surface area contributed by atoms with Crippen LogP contribution in [0.3, 0.4) is 0 Å². The Morgan fingerprint density at radius 1 is 1.58 bits per heavy atom. The molecule has 0 aliphatic carbocycles. The largest absolute Gasteiger partial charge is 0.508 e. The summed E-state index contributed by atoms with van der Waals surface area (Å²) in [5.41, 5.74) is 0.729. The summed E-state index contributed by atoms with van der Waals surface area (Å²) < 4.78 is 0. The first kappa shape index (κ1) is 8.95. The summed E-state index contributed by atoms with van der Waals surface area (Å²) in [5, 5.41) is 17.9. The zero-order chi connectivity index (χ0) is 8.97. The zero-order valence-electron chi connectivity index (χ0n) is 6.74. The molecule has 12 heavy (non-hydrogen) atoms. The Hall–Kier alpha value is -1.14. The third kappa shape index (κ3) is 1.72. The van der Waals surface area contributed by atoms with Crippen LogP contribution in [0, 0.1) is 11.3 Å². The average Bonchev–Trinajstić information content (AvgIpc) is 2.09. The molecule has 0 aliphatic rings. The van der Waals surface area contributed by atoms with Gasteiger partial charge in [0.25, 0.3) is 0 Å². The lowest BCUT2D eigenvalue weighted by atomic mass is 10.1. The number of benzene rings is 1. The summed E-state index contributed by atoms with van der Waals surface area (Å²) in [5.74, 6) is 0.211. The van der Waals surface area contributed by atoms with Gasteiger partial charge in [-0.2, -0.15) is 5.26 Å². The number of nitrogens with zero attached hydrogens (tertiary/aromatic N) is 1. The third-order valence-electron chi connectivity index (χ3n) is 1.58. The molecule has 3 heteroatoms. The fraction of sp³-hybridized carbons (Fsp3) is 0.222. The predicted molar refractivity (Wildman–Crippen MR) is 49.2 cm³/mol. The minimum Gasteiger partial charge on any atom is -0.508 e. The van der Waals surface area contributed by atoms with Crippen LogP contribution in [0.25, 0.3) is 0 Å². The predicted octanol–water partition coefficient (Wildman–Crippen LogP) is 2.18. The van der Waals surface area contributed by atoms with E-state index in [0.717, 1.165) is 10.5 Å². The number of aromatic hydroxyl groups is 1. The Kier molecular flexibility index (Phi) is 3.01. The van der Waals surface area contributed by atoms with Gasteiger partial charge < -0.3 is 5.11 Å². The summed E-state index contributed by atoms with van der Waals surface area (Å²) in [6.07, 6.45) is 2.19. The minimum absolute atomic E-state index is 0.211. The van der Waals surface area contributed by atoms with Gasteiger partial charge in [0, 0.05) is 10.5 Å². The van der Waals surface area contributed by atoms with Gasteiger partial charge in [-0.15, -0.1) is 11.8 Å². The van der Waals surface area contributed by atoms with Crippen molar-refractivity contribution in [1.29, 1.82) is 5.26 Å². The van der Waals surface area contributed by atoms with Crippen molar-refractivity contribution in [2.75, 3.05) is 6.26 Å². The van der Waals surface area contributed by atoms with Crippen molar-refractivity contribution in [2.24, 2.45) is 0 Å². The molecular formula is C9H9NOS. The Balaban J connectivity index is 3.12. The van der Waals surface area contributed by atoms with E-state index in [1.807, 2.05) is 18.4 Å². The quantitative estimate of drug-likeness (QED) is 0.708. The van der Waals surface area contributed by atoms with Gasteiger partial charge in [-0.3, -0.25) is 0 Å². The normalized spacial score (nSPS) is 9.33. The molecular weight excluding hydrogens is 170 g/mol. The molecule has 0 aliphatic heterocycles. The molecule has 0 radical (unpaired) electrons. The molecule has 0 amide bonds. The van der Waals surface area contributed by atoms with E-state index in [-0.39, 0.29) is 12.2 Å². The molecule has 1 aromatic rings. The first-order valence-corrected chi connectivity index (χ1v) is 4.74. The van der Waals surface area contributed by atoms with Gasteiger partial charge in [-0.05, 0) is 18.4 Å². The zero-order valence-corrected chi connectivity index (χ0v) is 7.56. The lowest BCUT2D eigenvalue weighted by molar-refractivity contribution is 0.468. The molecule has 62 valence electrons. The van der Waals surface area contributed by atoms with Gasteiger partial charge in [0.15, 0.2) is 0 Å². The maximum absolute atomic E-state index is 9.39. The molecule has 0 heterocycles. The topological polar surface area (TPSA) is 44.0 Å². The fourth-order valence-electron chi connectivity index (χ4n) is 1.00. The van der Waals surface area contributed by atoms with Gasteiger partial charge in [0.1, 0.15) is 5.75 Å². The molecule has 0 saturated carbocycles. The number of phenolic OH excluding ortho intramolecular Hbond substituents is 1. The highest BCUT2D eigenvalue weighted by Gasteiger charge is 2.05. The van der Waals surface area contributed by atoms with Crippen molar-refractivity contribution in [2.45, 2.75) is 11.3 Å². The van der Waals surface area contributed by atoms with Gasteiger partial charge in [-0.25, -0.2) is 0 Å². The first-order chi connectivity index (χ1) is 5.79. The smallest absolute Gasteiger partial charge is 0.120 e. The summed E-state index contributed by atoms with van der Waals surface area (Å²) in [6, 6.07) is 7.31. The number of nitriles is 1. The van der Waals surface area contributed by atoms with E-state index in [1.165, 1.54) is 11.8 Å². The maximum Gasteiger partial charge on any atom is 0.120 e. The Morgan fingerprint density at radius 3 is 2.92 bits per heavy atom. The van der Waals surface area contributed by atoms with Crippen molar-refractivity contribution in [3.8, 4) is 11.8 Å². The van der Waals surface area contributed by atoms with Crippen molar-refractivity contribution in [1.82, 2.24) is 0 Å². The molecule has 0 saturated heterocycles. The Bertz CT molecular complexity index is 317. The van der Waals surface area contributed by atoms with Crippen LogP contribution in [-0.2, 0) is 6.42 Å². The maximum atomic E-state index is 9.39. The summed E-state index contributed by atoms with van der Waals surface area (Å²) in [7, 11) is 0. The van der Waals surface area contributed by atoms with E-state index in [9.17, 15) is 5.11 Å². The van der Waals surface area contributed by atoms with E-state index in [0.29, 0.717) is 0 Å². The number of thioether (sulfide) groups is 1. The van der Waals surface area contributed by atoms with E-state index in [4.69, 9.17) is 5.26 Å².